The van der Waals surface area contributed by atoms with Crippen molar-refractivity contribution >= 4 is 28.2 Å². The van der Waals surface area contributed by atoms with Crippen LogP contribution in [0.2, 0.25) is 0 Å². The molecule has 0 bridgehead atoms. The van der Waals surface area contributed by atoms with Crippen molar-refractivity contribution in [3.05, 3.63) is 64.4 Å². The summed E-state index contributed by atoms with van der Waals surface area (Å²) in [6, 6.07) is 14.6. The molecule has 0 spiro atoms. The molecule has 2 aromatic carbocycles. The van der Waals surface area contributed by atoms with E-state index in [9.17, 15) is 9.59 Å². The molecule has 3 aromatic rings. The summed E-state index contributed by atoms with van der Waals surface area (Å²) < 4.78 is 12.5. The number of fused-ring (bicyclic) bond motifs is 1. The monoisotopic (exact) mass is 421 g/mol. The van der Waals surface area contributed by atoms with Crippen LogP contribution in [0.5, 0.6) is 5.75 Å². The van der Waals surface area contributed by atoms with E-state index in [0.29, 0.717) is 31.1 Å². The van der Waals surface area contributed by atoms with Gasteiger partial charge in [-0.1, -0.05) is 6.07 Å². The van der Waals surface area contributed by atoms with Crippen LogP contribution in [-0.2, 0) is 11.3 Å². The Hall–Kier alpha value is -3.32. The third kappa shape index (κ3) is 4.01. The average molecular weight is 421 g/mol. The Kier molecular flexibility index (Phi) is 5.95. The van der Waals surface area contributed by atoms with Gasteiger partial charge in [-0.3, -0.25) is 9.59 Å². The predicted octanol–water partition coefficient (Wildman–Crippen LogP) is 3.14. The van der Waals surface area contributed by atoms with Crippen molar-refractivity contribution in [1.29, 1.82) is 0 Å². The zero-order chi connectivity index (χ0) is 22.0. The van der Waals surface area contributed by atoms with Gasteiger partial charge in [-0.15, -0.1) is 0 Å². The lowest BCUT2D eigenvalue weighted by molar-refractivity contribution is 0.0992. The third-order valence-corrected chi connectivity index (χ3v) is 5.75. The first-order valence-electron chi connectivity index (χ1n) is 10.5. The maximum Gasteiger partial charge on any atom is 0.258 e. The second-order valence-corrected chi connectivity index (χ2v) is 7.51. The minimum atomic E-state index is -0.130. The number of carbonyl (C=O) groups is 1. The fraction of sp³-hybridized carbons (Fsp3) is 0.333. The van der Waals surface area contributed by atoms with Crippen molar-refractivity contribution in [1.82, 2.24) is 4.57 Å². The van der Waals surface area contributed by atoms with Crippen LogP contribution in [0.1, 0.15) is 17.3 Å². The SMILES string of the molecule is CCn1c(=O)cc(N2CCOCC2)c2cc(N(C)C(=O)c3cccc(OC)c3)ccc21. The molecule has 0 radical (unpaired) electrons. The summed E-state index contributed by atoms with van der Waals surface area (Å²) in [5.74, 6) is 0.509. The molecule has 1 amide bonds. The van der Waals surface area contributed by atoms with Crippen LogP contribution >= 0.6 is 0 Å². The van der Waals surface area contributed by atoms with Crippen molar-refractivity contribution in [3.8, 4) is 5.75 Å². The standard InChI is InChI=1S/C24H27N3O4/c1-4-27-21-9-8-18(25(2)24(29)17-6-5-7-19(14-17)30-3)15-20(21)22(16-23(27)28)26-10-12-31-13-11-26/h5-9,14-16H,4,10-13H2,1-3H3. The van der Waals surface area contributed by atoms with Crippen LogP contribution in [-0.4, -0.2) is 50.9 Å². The summed E-state index contributed by atoms with van der Waals surface area (Å²) in [7, 11) is 3.34. The van der Waals surface area contributed by atoms with Crippen LogP contribution < -0.4 is 20.1 Å². The number of anilines is 2. The van der Waals surface area contributed by atoms with Gasteiger partial charge in [0.15, 0.2) is 0 Å². The van der Waals surface area contributed by atoms with Gasteiger partial charge in [0.2, 0.25) is 0 Å². The van der Waals surface area contributed by atoms with Gasteiger partial charge in [0.1, 0.15) is 5.75 Å². The molecule has 4 rings (SSSR count). The molecule has 7 heteroatoms. The molecule has 1 aromatic heterocycles. The maximum atomic E-state index is 13.1. The van der Waals surface area contributed by atoms with Crippen molar-refractivity contribution in [2.45, 2.75) is 13.5 Å². The van der Waals surface area contributed by atoms with E-state index in [1.807, 2.05) is 31.2 Å². The van der Waals surface area contributed by atoms with E-state index in [1.54, 1.807) is 47.9 Å². The summed E-state index contributed by atoms with van der Waals surface area (Å²) in [5.41, 5.74) is 3.04. The first kappa shape index (κ1) is 20.9. The van der Waals surface area contributed by atoms with Crippen molar-refractivity contribution in [2.24, 2.45) is 0 Å². The molecular weight excluding hydrogens is 394 g/mol. The number of morpholine rings is 1. The minimum Gasteiger partial charge on any atom is -0.497 e. The number of pyridine rings is 1. The van der Waals surface area contributed by atoms with E-state index in [1.165, 1.54) is 0 Å². The summed E-state index contributed by atoms with van der Waals surface area (Å²) in [6.45, 7) is 5.26. The normalized spacial score (nSPS) is 14.0. The van der Waals surface area contributed by atoms with Gasteiger partial charge in [-0.05, 0) is 43.3 Å². The fourth-order valence-electron chi connectivity index (χ4n) is 4.02. The zero-order valence-corrected chi connectivity index (χ0v) is 18.1. The largest absolute Gasteiger partial charge is 0.497 e. The lowest BCUT2D eigenvalue weighted by atomic mass is 10.1. The smallest absolute Gasteiger partial charge is 0.258 e. The average Bonchev–Trinajstić information content (AvgIpc) is 2.83. The van der Waals surface area contributed by atoms with Crippen molar-refractivity contribution < 1.29 is 14.3 Å². The van der Waals surface area contributed by atoms with Crippen LogP contribution in [0.4, 0.5) is 11.4 Å². The zero-order valence-electron chi connectivity index (χ0n) is 18.1. The number of nitrogens with zero attached hydrogens (tertiary/aromatic N) is 3. The van der Waals surface area contributed by atoms with Gasteiger partial charge in [0, 0.05) is 49.4 Å². The predicted molar refractivity (Wildman–Crippen MR) is 123 cm³/mol. The molecular formula is C24H27N3O4. The Bertz CT molecular complexity index is 1170. The first-order valence-corrected chi connectivity index (χ1v) is 10.5. The topological polar surface area (TPSA) is 64.0 Å². The molecule has 0 unspecified atom stereocenters. The van der Waals surface area contributed by atoms with Crippen LogP contribution in [0.15, 0.2) is 53.3 Å². The summed E-state index contributed by atoms with van der Waals surface area (Å²) in [4.78, 5) is 29.6. The molecule has 1 aliphatic rings. The van der Waals surface area contributed by atoms with Crippen molar-refractivity contribution in [3.63, 3.8) is 0 Å². The molecule has 0 atom stereocenters. The number of hydrogen-bond donors (Lipinski definition) is 0. The van der Waals surface area contributed by atoms with Crippen molar-refractivity contribution in [2.75, 3.05) is 50.3 Å². The number of ether oxygens (including phenoxy) is 2. The number of carbonyl (C=O) groups excluding carboxylic acids is 1. The lowest BCUT2D eigenvalue weighted by Gasteiger charge is -2.30. The molecule has 7 nitrogen and oxygen atoms in total. The molecule has 1 aliphatic heterocycles. The van der Waals surface area contributed by atoms with E-state index in [0.717, 1.165) is 35.4 Å². The number of rotatable bonds is 5. The van der Waals surface area contributed by atoms with Gasteiger partial charge >= 0.3 is 0 Å². The molecule has 31 heavy (non-hydrogen) atoms. The summed E-state index contributed by atoms with van der Waals surface area (Å²) >= 11 is 0. The van der Waals surface area contributed by atoms with Gasteiger partial charge in [-0.25, -0.2) is 0 Å². The highest BCUT2D eigenvalue weighted by Gasteiger charge is 2.19. The number of hydrogen-bond acceptors (Lipinski definition) is 5. The highest BCUT2D eigenvalue weighted by atomic mass is 16.5. The van der Waals surface area contributed by atoms with E-state index in [-0.39, 0.29) is 11.5 Å². The maximum absolute atomic E-state index is 13.1. The Morgan fingerprint density at radius 1 is 1.13 bits per heavy atom. The number of methoxy groups -OCH3 is 1. The molecule has 0 aliphatic carbocycles. The first-order chi connectivity index (χ1) is 15.0. The Morgan fingerprint density at radius 3 is 2.61 bits per heavy atom. The molecule has 1 saturated heterocycles. The molecule has 0 N–H and O–H groups in total. The fourth-order valence-corrected chi connectivity index (χ4v) is 4.02. The molecule has 0 saturated carbocycles. The van der Waals surface area contributed by atoms with Gasteiger partial charge in [-0.2, -0.15) is 0 Å². The number of aromatic nitrogens is 1. The number of amides is 1. The highest BCUT2D eigenvalue weighted by molar-refractivity contribution is 6.07. The lowest BCUT2D eigenvalue weighted by Crippen LogP contribution is -2.37. The summed E-state index contributed by atoms with van der Waals surface area (Å²) in [5, 5.41) is 0.950. The van der Waals surface area contributed by atoms with Gasteiger partial charge < -0.3 is 23.8 Å². The Labute approximate surface area is 181 Å². The molecule has 162 valence electrons. The minimum absolute atomic E-state index is 0.0231. The van der Waals surface area contributed by atoms with E-state index in [4.69, 9.17) is 9.47 Å². The van der Waals surface area contributed by atoms with Crippen LogP contribution in [0, 0.1) is 0 Å². The van der Waals surface area contributed by atoms with Gasteiger partial charge in [0.25, 0.3) is 11.5 Å². The Balaban J connectivity index is 1.79. The Morgan fingerprint density at radius 2 is 1.90 bits per heavy atom. The quantitative estimate of drug-likeness (QED) is 0.633. The van der Waals surface area contributed by atoms with Crippen LogP contribution in [0.25, 0.3) is 10.9 Å². The number of aryl methyl sites for hydroxylation is 1. The second-order valence-electron chi connectivity index (χ2n) is 7.51. The third-order valence-electron chi connectivity index (χ3n) is 5.75. The van der Waals surface area contributed by atoms with Crippen LogP contribution in [0.3, 0.4) is 0 Å². The number of benzene rings is 2. The van der Waals surface area contributed by atoms with Gasteiger partial charge in [0.05, 0.1) is 31.5 Å². The molecule has 2 heterocycles. The van der Waals surface area contributed by atoms with E-state index in [2.05, 4.69) is 4.90 Å². The van der Waals surface area contributed by atoms with E-state index >= 15 is 0 Å². The highest BCUT2D eigenvalue weighted by Crippen LogP contribution is 2.30. The molecule has 1 fully saturated rings. The van der Waals surface area contributed by atoms with E-state index < -0.39 is 0 Å². The summed E-state index contributed by atoms with van der Waals surface area (Å²) in [6.07, 6.45) is 0. The second kappa shape index (κ2) is 8.81.